The van der Waals surface area contributed by atoms with Gasteiger partial charge in [-0.1, -0.05) is 20.3 Å². The van der Waals surface area contributed by atoms with Gasteiger partial charge >= 0.3 is 0 Å². The van der Waals surface area contributed by atoms with Crippen molar-refractivity contribution in [2.24, 2.45) is 5.92 Å². The Bertz CT molecular complexity index is 196. The standard InChI is InChI=1S/C10H18N2O/c1-4-6-9(8-11)10(13)12(3)7-5-2/h9H,4-7H2,1-3H3. The van der Waals surface area contributed by atoms with E-state index in [1.807, 2.05) is 13.8 Å². The van der Waals surface area contributed by atoms with Gasteiger partial charge in [0, 0.05) is 13.6 Å². The number of amides is 1. The summed E-state index contributed by atoms with van der Waals surface area (Å²) in [6.45, 7) is 4.74. The monoisotopic (exact) mass is 182 g/mol. The van der Waals surface area contributed by atoms with Crippen LogP contribution in [0.3, 0.4) is 0 Å². The van der Waals surface area contributed by atoms with Crippen LogP contribution in [0.1, 0.15) is 33.1 Å². The fourth-order valence-electron chi connectivity index (χ4n) is 1.24. The second kappa shape index (κ2) is 6.47. The zero-order valence-electron chi connectivity index (χ0n) is 8.71. The Morgan fingerprint density at radius 2 is 2.08 bits per heavy atom. The minimum absolute atomic E-state index is 0.0359. The summed E-state index contributed by atoms with van der Waals surface area (Å²) in [5.74, 6) is -0.479. The quantitative estimate of drug-likeness (QED) is 0.650. The lowest BCUT2D eigenvalue weighted by Crippen LogP contribution is -2.32. The number of hydrogen-bond donors (Lipinski definition) is 0. The molecule has 0 aromatic rings. The average molecular weight is 182 g/mol. The van der Waals surface area contributed by atoms with Crippen molar-refractivity contribution in [1.82, 2.24) is 4.90 Å². The van der Waals surface area contributed by atoms with Crippen molar-refractivity contribution in [3.63, 3.8) is 0 Å². The molecule has 0 radical (unpaired) electrons. The minimum atomic E-state index is -0.443. The summed E-state index contributed by atoms with van der Waals surface area (Å²) in [7, 11) is 1.76. The van der Waals surface area contributed by atoms with Gasteiger partial charge in [0.25, 0.3) is 0 Å². The molecule has 0 spiro atoms. The van der Waals surface area contributed by atoms with Gasteiger partial charge in [-0.05, 0) is 12.8 Å². The van der Waals surface area contributed by atoms with Crippen molar-refractivity contribution in [3.05, 3.63) is 0 Å². The lowest BCUT2D eigenvalue weighted by molar-refractivity contribution is -0.132. The van der Waals surface area contributed by atoms with E-state index in [0.717, 1.165) is 19.4 Å². The van der Waals surface area contributed by atoms with Crippen molar-refractivity contribution in [2.45, 2.75) is 33.1 Å². The van der Waals surface area contributed by atoms with Crippen LogP contribution in [0, 0.1) is 17.2 Å². The molecular formula is C10H18N2O. The molecule has 3 nitrogen and oxygen atoms in total. The normalized spacial score (nSPS) is 11.8. The van der Waals surface area contributed by atoms with Crippen molar-refractivity contribution in [3.8, 4) is 6.07 Å². The summed E-state index contributed by atoms with van der Waals surface area (Å²) in [6.07, 6.45) is 2.49. The molecule has 0 bridgehead atoms. The zero-order valence-corrected chi connectivity index (χ0v) is 8.71. The van der Waals surface area contributed by atoms with Crippen LogP contribution >= 0.6 is 0 Å². The minimum Gasteiger partial charge on any atom is -0.345 e. The third kappa shape index (κ3) is 3.93. The van der Waals surface area contributed by atoms with Gasteiger partial charge < -0.3 is 4.90 Å². The fourth-order valence-corrected chi connectivity index (χ4v) is 1.24. The zero-order chi connectivity index (χ0) is 10.3. The molecule has 0 heterocycles. The van der Waals surface area contributed by atoms with Crippen LogP contribution in [-0.4, -0.2) is 24.4 Å². The molecule has 0 aliphatic rings. The molecule has 0 rings (SSSR count). The Labute approximate surface area is 80.3 Å². The van der Waals surface area contributed by atoms with E-state index in [1.54, 1.807) is 11.9 Å². The first kappa shape index (κ1) is 12.0. The van der Waals surface area contributed by atoms with Crippen molar-refractivity contribution < 1.29 is 4.79 Å². The van der Waals surface area contributed by atoms with E-state index in [2.05, 4.69) is 6.07 Å². The topological polar surface area (TPSA) is 44.1 Å². The fraction of sp³-hybridized carbons (Fsp3) is 0.800. The Balaban J connectivity index is 4.13. The van der Waals surface area contributed by atoms with E-state index in [0.29, 0.717) is 6.42 Å². The van der Waals surface area contributed by atoms with E-state index in [4.69, 9.17) is 5.26 Å². The van der Waals surface area contributed by atoms with Gasteiger partial charge in [-0.25, -0.2) is 0 Å². The first-order chi connectivity index (χ1) is 6.17. The van der Waals surface area contributed by atoms with E-state index in [9.17, 15) is 4.79 Å². The largest absolute Gasteiger partial charge is 0.345 e. The van der Waals surface area contributed by atoms with E-state index >= 15 is 0 Å². The maximum Gasteiger partial charge on any atom is 0.239 e. The average Bonchev–Trinajstić information content (AvgIpc) is 2.13. The lowest BCUT2D eigenvalue weighted by atomic mass is 10.0. The number of rotatable bonds is 5. The van der Waals surface area contributed by atoms with Crippen LogP contribution in [0.2, 0.25) is 0 Å². The lowest BCUT2D eigenvalue weighted by Gasteiger charge is -2.18. The van der Waals surface area contributed by atoms with Gasteiger partial charge in [0.2, 0.25) is 5.91 Å². The van der Waals surface area contributed by atoms with E-state index in [1.165, 1.54) is 0 Å². The first-order valence-corrected chi connectivity index (χ1v) is 4.81. The maximum atomic E-state index is 11.6. The van der Waals surface area contributed by atoms with Gasteiger partial charge in [-0.2, -0.15) is 5.26 Å². The molecular weight excluding hydrogens is 164 g/mol. The molecule has 3 heteroatoms. The molecule has 0 aromatic carbocycles. The van der Waals surface area contributed by atoms with Crippen LogP contribution < -0.4 is 0 Å². The highest BCUT2D eigenvalue weighted by Gasteiger charge is 2.19. The third-order valence-electron chi connectivity index (χ3n) is 1.97. The molecule has 0 N–H and O–H groups in total. The number of carbonyl (C=O) groups is 1. The summed E-state index contributed by atoms with van der Waals surface area (Å²) in [6, 6.07) is 2.05. The molecule has 1 atom stereocenters. The van der Waals surface area contributed by atoms with Crippen LogP contribution in [0.25, 0.3) is 0 Å². The van der Waals surface area contributed by atoms with Crippen molar-refractivity contribution >= 4 is 5.91 Å². The second-order valence-corrected chi connectivity index (χ2v) is 3.23. The van der Waals surface area contributed by atoms with E-state index < -0.39 is 5.92 Å². The number of hydrogen-bond acceptors (Lipinski definition) is 2. The number of carbonyl (C=O) groups excluding carboxylic acids is 1. The summed E-state index contributed by atoms with van der Waals surface area (Å²) in [5, 5.41) is 8.75. The molecule has 0 aromatic heterocycles. The van der Waals surface area contributed by atoms with Crippen molar-refractivity contribution in [1.29, 1.82) is 5.26 Å². The van der Waals surface area contributed by atoms with Crippen LogP contribution in [0.15, 0.2) is 0 Å². The number of nitriles is 1. The number of nitrogens with zero attached hydrogens (tertiary/aromatic N) is 2. The highest BCUT2D eigenvalue weighted by atomic mass is 16.2. The second-order valence-electron chi connectivity index (χ2n) is 3.23. The SMILES string of the molecule is CCCC(C#N)C(=O)N(C)CCC. The Morgan fingerprint density at radius 3 is 2.46 bits per heavy atom. The predicted molar refractivity (Wildman–Crippen MR) is 51.9 cm³/mol. The Hall–Kier alpha value is -1.04. The van der Waals surface area contributed by atoms with Gasteiger partial charge in [-0.3, -0.25) is 4.79 Å². The molecule has 0 fully saturated rings. The summed E-state index contributed by atoms with van der Waals surface area (Å²) < 4.78 is 0. The molecule has 0 aliphatic carbocycles. The highest BCUT2D eigenvalue weighted by molar-refractivity contribution is 5.80. The molecule has 1 unspecified atom stereocenters. The first-order valence-electron chi connectivity index (χ1n) is 4.81. The Morgan fingerprint density at radius 1 is 1.46 bits per heavy atom. The van der Waals surface area contributed by atoms with Crippen LogP contribution in [-0.2, 0) is 4.79 Å². The predicted octanol–water partition coefficient (Wildman–Crippen LogP) is 1.79. The molecule has 74 valence electrons. The van der Waals surface area contributed by atoms with E-state index in [-0.39, 0.29) is 5.91 Å². The summed E-state index contributed by atoms with van der Waals surface area (Å²) in [5.41, 5.74) is 0. The summed E-state index contributed by atoms with van der Waals surface area (Å²) >= 11 is 0. The summed E-state index contributed by atoms with van der Waals surface area (Å²) in [4.78, 5) is 13.2. The molecule has 0 saturated carbocycles. The van der Waals surface area contributed by atoms with Gasteiger partial charge in [-0.15, -0.1) is 0 Å². The molecule has 0 saturated heterocycles. The van der Waals surface area contributed by atoms with Crippen molar-refractivity contribution in [2.75, 3.05) is 13.6 Å². The van der Waals surface area contributed by atoms with Gasteiger partial charge in [0.1, 0.15) is 5.92 Å². The third-order valence-corrected chi connectivity index (χ3v) is 1.97. The van der Waals surface area contributed by atoms with Gasteiger partial charge in [0.15, 0.2) is 0 Å². The van der Waals surface area contributed by atoms with Crippen LogP contribution in [0.5, 0.6) is 0 Å². The highest BCUT2D eigenvalue weighted by Crippen LogP contribution is 2.08. The van der Waals surface area contributed by atoms with Gasteiger partial charge in [0.05, 0.1) is 6.07 Å². The maximum absolute atomic E-state index is 11.6. The Kier molecular flexibility index (Phi) is 5.96. The molecule has 1 amide bonds. The molecule has 0 aliphatic heterocycles. The van der Waals surface area contributed by atoms with Crippen LogP contribution in [0.4, 0.5) is 0 Å². The smallest absolute Gasteiger partial charge is 0.239 e. The molecule has 13 heavy (non-hydrogen) atoms.